The van der Waals surface area contributed by atoms with Crippen LogP contribution in [0.1, 0.15) is 31.2 Å². The highest BCUT2D eigenvalue weighted by atomic mass is 32.2. The van der Waals surface area contributed by atoms with E-state index in [1.165, 1.54) is 12.1 Å². The van der Waals surface area contributed by atoms with E-state index >= 15 is 0 Å². The fourth-order valence-corrected chi connectivity index (χ4v) is 3.24. The minimum Gasteiger partial charge on any atom is -0.390 e. The topological polar surface area (TPSA) is 63.6 Å². The van der Waals surface area contributed by atoms with Crippen molar-refractivity contribution in [2.24, 2.45) is 0 Å². The average molecular weight is 270 g/mol. The highest BCUT2D eigenvalue weighted by Crippen LogP contribution is 2.25. The van der Waals surface area contributed by atoms with Crippen molar-refractivity contribution in [2.75, 3.05) is 0 Å². The number of aryl methyl sites for hydroxylation is 1. The van der Waals surface area contributed by atoms with E-state index in [1.54, 1.807) is 12.1 Å². The fourth-order valence-electron chi connectivity index (χ4n) is 2.11. The Labute approximate surface area is 108 Å². The van der Waals surface area contributed by atoms with E-state index in [2.05, 4.69) is 0 Å². The van der Waals surface area contributed by atoms with E-state index in [9.17, 15) is 13.5 Å². The van der Waals surface area contributed by atoms with Gasteiger partial charge in [0.05, 0.1) is 11.0 Å². The molecule has 0 saturated heterocycles. The van der Waals surface area contributed by atoms with Crippen LogP contribution < -0.4 is 0 Å². The third-order valence-corrected chi connectivity index (χ3v) is 4.58. The van der Waals surface area contributed by atoms with Gasteiger partial charge in [0.1, 0.15) is 6.10 Å². The minimum atomic E-state index is -3.77. The van der Waals surface area contributed by atoms with Gasteiger partial charge in [-0.25, -0.2) is 0 Å². The molecule has 2 atom stereocenters. The van der Waals surface area contributed by atoms with Gasteiger partial charge >= 0.3 is 0 Å². The minimum absolute atomic E-state index is 0.144. The van der Waals surface area contributed by atoms with Gasteiger partial charge in [0.25, 0.3) is 10.1 Å². The van der Waals surface area contributed by atoms with Gasteiger partial charge in [0.2, 0.25) is 0 Å². The lowest BCUT2D eigenvalue weighted by Gasteiger charge is -2.26. The molecule has 0 amide bonds. The lowest BCUT2D eigenvalue weighted by Crippen LogP contribution is -2.34. The second kappa shape index (κ2) is 5.38. The van der Waals surface area contributed by atoms with Crippen LogP contribution in [0, 0.1) is 6.92 Å². The van der Waals surface area contributed by atoms with E-state index in [1.807, 2.05) is 6.92 Å². The lowest BCUT2D eigenvalue weighted by atomic mass is 9.95. The number of aliphatic hydroxyl groups is 1. The van der Waals surface area contributed by atoms with Crippen LogP contribution in [0.4, 0.5) is 0 Å². The third kappa shape index (κ3) is 3.10. The molecule has 1 aromatic rings. The van der Waals surface area contributed by atoms with Crippen molar-refractivity contribution in [1.29, 1.82) is 0 Å². The van der Waals surface area contributed by atoms with E-state index in [0.29, 0.717) is 12.8 Å². The first-order valence-corrected chi connectivity index (χ1v) is 7.58. The predicted octanol–water partition coefficient (Wildman–Crippen LogP) is 2.00. The molecule has 0 unspecified atom stereocenters. The van der Waals surface area contributed by atoms with Crippen molar-refractivity contribution in [1.82, 2.24) is 0 Å². The maximum absolute atomic E-state index is 12.0. The van der Waals surface area contributed by atoms with Crippen molar-refractivity contribution in [3.63, 3.8) is 0 Å². The second-order valence-electron chi connectivity index (χ2n) is 4.75. The van der Waals surface area contributed by atoms with Crippen LogP contribution in [0.5, 0.6) is 0 Å². The molecule has 18 heavy (non-hydrogen) atoms. The first kappa shape index (κ1) is 13.5. The first-order chi connectivity index (χ1) is 8.49. The Morgan fingerprint density at radius 1 is 1.17 bits per heavy atom. The Balaban J connectivity index is 2.13. The molecule has 1 aliphatic carbocycles. The summed E-state index contributed by atoms with van der Waals surface area (Å²) in [5.41, 5.74) is 0.992. The number of hydrogen-bond acceptors (Lipinski definition) is 4. The molecule has 5 heteroatoms. The SMILES string of the molecule is Cc1ccc(S(=O)(=O)O[C@@H]2CCCC[C@@H]2O)cc1. The van der Waals surface area contributed by atoms with Crippen molar-refractivity contribution in [3.8, 4) is 0 Å². The fraction of sp³-hybridized carbons (Fsp3) is 0.538. The van der Waals surface area contributed by atoms with Crippen molar-refractivity contribution in [3.05, 3.63) is 29.8 Å². The summed E-state index contributed by atoms with van der Waals surface area (Å²) >= 11 is 0. The molecule has 1 fully saturated rings. The zero-order valence-electron chi connectivity index (χ0n) is 10.4. The number of benzene rings is 1. The molecule has 0 spiro atoms. The second-order valence-corrected chi connectivity index (χ2v) is 6.33. The molecule has 0 aromatic heterocycles. The van der Waals surface area contributed by atoms with Crippen LogP contribution in [-0.2, 0) is 14.3 Å². The molecule has 4 nitrogen and oxygen atoms in total. The zero-order chi connectivity index (χ0) is 13.2. The average Bonchev–Trinajstić information content (AvgIpc) is 2.32. The summed E-state index contributed by atoms with van der Waals surface area (Å²) < 4.78 is 29.2. The summed E-state index contributed by atoms with van der Waals surface area (Å²) in [6, 6.07) is 6.51. The highest BCUT2D eigenvalue weighted by Gasteiger charge is 2.29. The van der Waals surface area contributed by atoms with Gasteiger partial charge in [-0.2, -0.15) is 8.42 Å². The molecule has 0 bridgehead atoms. The predicted molar refractivity (Wildman–Crippen MR) is 67.7 cm³/mol. The van der Waals surface area contributed by atoms with Gasteiger partial charge in [0, 0.05) is 0 Å². The van der Waals surface area contributed by atoms with Gasteiger partial charge in [-0.3, -0.25) is 4.18 Å². The summed E-state index contributed by atoms with van der Waals surface area (Å²) in [6.07, 6.45) is 1.72. The van der Waals surface area contributed by atoms with Crippen LogP contribution in [-0.4, -0.2) is 25.7 Å². The van der Waals surface area contributed by atoms with Gasteiger partial charge in [0.15, 0.2) is 0 Å². The molecule has 1 N–H and O–H groups in total. The van der Waals surface area contributed by atoms with Crippen LogP contribution in [0.15, 0.2) is 29.2 Å². The van der Waals surface area contributed by atoms with E-state index < -0.39 is 22.3 Å². The maximum Gasteiger partial charge on any atom is 0.297 e. The lowest BCUT2D eigenvalue weighted by molar-refractivity contribution is 0.0105. The Morgan fingerprint density at radius 3 is 2.39 bits per heavy atom. The third-order valence-electron chi connectivity index (χ3n) is 3.23. The van der Waals surface area contributed by atoms with E-state index in [-0.39, 0.29) is 4.90 Å². The Kier molecular flexibility index (Phi) is 4.04. The summed E-state index contributed by atoms with van der Waals surface area (Å²) in [5.74, 6) is 0. The standard InChI is InChI=1S/C13H18O4S/c1-10-6-8-11(9-7-10)18(15,16)17-13-5-3-2-4-12(13)14/h6-9,12-14H,2-5H2,1H3/t12-,13+/m0/s1. The van der Waals surface area contributed by atoms with Crippen LogP contribution in [0.2, 0.25) is 0 Å². The largest absolute Gasteiger partial charge is 0.390 e. The summed E-state index contributed by atoms with van der Waals surface area (Å²) in [6.45, 7) is 1.89. The van der Waals surface area contributed by atoms with Crippen LogP contribution in [0.3, 0.4) is 0 Å². The quantitative estimate of drug-likeness (QED) is 0.853. The molecule has 0 radical (unpaired) electrons. The molecule has 0 heterocycles. The summed E-state index contributed by atoms with van der Waals surface area (Å²) in [7, 11) is -3.77. The molecule has 1 saturated carbocycles. The monoisotopic (exact) mass is 270 g/mol. The number of rotatable bonds is 3. The maximum atomic E-state index is 12.0. The Hall–Kier alpha value is -0.910. The molecule has 0 aliphatic heterocycles. The van der Waals surface area contributed by atoms with E-state index in [4.69, 9.17) is 4.18 Å². The van der Waals surface area contributed by atoms with Crippen molar-refractivity contribution < 1.29 is 17.7 Å². The highest BCUT2D eigenvalue weighted by molar-refractivity contribution is 7.86. The number of aliphatic hydroxyl groups excluding tert-OH is 1. The van der Waals surface area contributed by atoms with Gasteiger partial charge in [-0.05, 0) is 31.9 Å². The molecule has 1 aliphatic rings. The summed E-state index contributed by atoms with van der Waals surface area (Å²) in [5, 5.41) is 9.73. The molecular formula is C13H18O4S. The molecular weight excluding hydrogens is 252 g/mol. The van der Waals surface area contributed by atoms with Gasteiger partial charge in [-0.15, -0.1) is 0 Å². The summed E-state index contributed by atoms with van der Waals surface area (Å²) in [4.78, 5) is 0.144. The normalized spacial score (nSPS) is 25.0. The van der Waals surface area contributed by atoms with Crippen LogP contribution >= 0.6 is 0 Å². The molecule has 2 rings (SSSR count). The first-order valence-electron chi connectivity index (χ1n) is 6.17. The van der Waals surface area contributed by atoms with Crippen molar-refractivity contribution >= 4 is 10.1 Å². The van der Waals surface area contributed by atoms with Crippen LogP contribution in [0.25, 0.3) is 0 Å². The zero-order valence-corrected chi connectivity index (χ0v) is 11.2. The smallest absolute Gasteiger partial charge is 0.297 e. The molecule has 1 aromatic carbocycles. The van der Waals surface area contributed by atoms with E-state index in [0.717, 1.165) is 18.4 Å². The Morgan fingerprint density at radius 2 is 1.78 bits per heavy atom. The van der Waals surface area contributed by atoms with Gasteiger partial charge < -0.3 is 5.11 Å². The van der Waals surface area contributed by atoms with Crippen molar-refractivity contribution in [2.45, 2.75) is 49.7 Å². The van der Waals surface area contributed by atoms with Gasteiger partial charge in [-0.1, -0.05) is 30.5 Å². The Bertz CT molecular complexity index is 492. The number of hydrogen-bond donors (Lipinski definition) is 1. The molecule has 100 valence electrons.